The fraction of sp³-hybridized carbons (Fsp3) is 0.440. The Morgan fingerprint density at radius 3 is 2.75 bits per heavy atom. The molecule has 7 nitrogen and oxygen atoms in total. The van der Waals surface area contributed by atoms with E-state index >= 15 is 0 Å². The lowest BCUT2D eigenvalue weighted by Crippen LogP contribution is -2.44. The normalized spacial score (nSPS) is 22.3. The average molecular weight is 436 g/mol. The monoisotopic (exact) mass is 435 g/mol. The van der Waals surface area contributed by atoms with Gasteiger partial charge in [0.2, 0.25) is 0 Å². The molecule has 0 spiro atoms. The van der Waals surface area contributed by atoms with Gasteiger partial charge in [0.05, 0.1) is 37.0 Å². The third kappa shape index (κ3) is 4.58. The number of H-pyrrole nitrogens is 1. The van der Waals surface area contributed by atoms with Crippen molar-refractivity contribution in [2.24, 2.45) is 16.3 Å². The van der Waals surface area contributed by atoms with E-state index in [4.69, 9.17) is 14.5 Å². The molecule has 1 N–H and O–H groups in total. The molecule has 32 heavy (non-hydrogen) atoms. The van der Waals surface area contributed by atoms with Crippen LogP contribution >= 0.6 is 0 Å². The van der Waals surface area contributed by atoms with Gasteiger partial charge in [-0.3, -0.25) is 14.8 Å². The lowest BCUT2D eigenvalue weighted by atomic mass is 9.63. The summed E-state index contributed by atoms with van der Waals surface area (Å²) in [7, 11) is 0. The van der Waals surface area contributed by atoms with Gasteiger partial charge < -0.3 is 14.5 Å². The van der Waals surface area contributed by atoms with Crippen molar-refractivity contribution in [3.8, 4) is 0 Å². The largest absolute Gasteiger partial charge is 0.463 e. The molecule has 0 saturated heterocycles. The molecule has 0 bridgehead atoms. The van der Waals surface area contributed by atoms with E-state index in [1.807, 2.05) is 30.6 Å². The van der Waals surface area contributed by atoms with E-state index in [9.17, 15) is 9.59 Å². The van der Waals surface area contributed by atoms with Crippen LogP contribution in [-0.2, 0) is 25.7 Å². The number of nitrogens with zero attached hydrogens (tertiary/aromatic N) is 2. The second-order valence-electron chi connectivity index (χ2n) is 9.12. The van der Waals surface area contributed by atoms with Crippen LogP contribution < -0.4 is 0 Å². The number of aliphatic imine (C=N–C) groups is 1. The Hall–Kier alpha value is -3.06. The SMILES string of the molecule is CCOC(=O)C1=C(COCc2cc[nH]c2)N=C2CC(C)(C)CC(=O)C2C1c1cccnc1. The molecule has 4 rings (SSSR count). The first kappa shape index (κ1) is 22.1. The van der Waals surface area contributed by atoms with Crippen LogP contribution in [0.4, 0.5) is 0 Å². The summed E-state index contributed by atoms with van der Waals surface area (Å²) < 4.78 is 11.3. The van der Waals surface area contributed by atoms with Crippen LogP contribution in [0.3, 0.4) is 0 Å². The van der Waals surface area contributed by atoms with E-state index in [1.165, 1.54) is 0 Å². The first-order valence-electron chi connectivity index (χ1n) is 11.0. The molecule has 1 fully saturated rings. The maximum Gasteiger partial charge on any atom is 0.336 e. The van der Waals surface area contributed by atoms with E-state index in [0.29, 0.717) is 30.7 Å². The van der Waals surface area contributed by atoms with Crippen molar-refractivity contribution in [1.29, 1.82) is 0 Å². The summed E-state index contributed by atoms with van der Waals surface area (Å²) in [6.45, 7) is 6.71. The Labute approximate surface area is 188 Å². The number of hydrogen-bond acceptors (Lipinski definition) is 6. The summed E-state index contributed by atoms with van der Waals surface area (Å²) in [5.41, 5.74) is 3.38. The Morgan fingerprint density at radius 2 is 2.06 bits per heavy atom. The molecule has 0 amide bonds. The molecule has 7 heteroatoms. The Kier molecular flexibility index (Phi) is 6.37. The molecule has 2 aliphatic rings. The van der Waals surface area contributed by atoms with Gasteiger partial charge >= 0.3 is 5.97 Å². The number of pyridine rings is 1. The molecular formula is C25H29N3O4. The van der Waals surface area contributed by atoms with Gasteiger partial charge in [0.1, 0.15) is 5.78 Å². The number of carbonyl (C=O) groups excluding carboxylic acids is 2. The van der Waals surface area contributed by atoms with Crippen LogP contribution in [0, 0.1) is 11.3 Å². The van der Waals surface area contributed by atoms with Crippen LogP contribution in [-0.4, -0.2) is 40.6 Å². The third-order valence-corrected chi connectivity index (χ3v) is 5.96. The van der Waals surface area contributed by atoms with Crippen molar-refractivity contribution in [3.63, 3.8) is 0 Å². The van der Waals surface area contributed by atoms with E-state index in [0.717, 1.165) is 16.8 Å². The van der Waals surface area contributed by atoms with Crippen molar-refractivity contribution in [1.82, 2.24) is 9.97 Å². The highest BCUT2D eigenvalue weighted by atomic mass is 16.5. The predicted octanol–water partition coefficient (Wildman–Crippen LogP) is 3.99. The molecule has 2 aromatic heterocycles. The summed E-state index contributed by atoms with van der Waals surface area (Å²) in [4.78, 5) is 38.6. The molecular weight excluding hydrogens is 406 g/mol. The highest BCUT2D eigenvalue weighted by Gasteiger charge is 2.48. The third-order valence-electron chi connectivity index (χ3n) is 5.96. The van der Waals surface area contributed by atoms with E-state index in [-0.39, 0.29) is 24.4 Å². The molecule has 2 unspecified atom stereocenters. The lowest BCUT2D eigenvalue weighted by molar-refractivity contribution is -0.139. The van der Waals surface area contributed by atoms with Crippen LogP contribution in [0.2, 0.25) is 0 Å². The zero-order valence-electron chi connectivity index (χ0n) is 18.8. The Bertz CT molecular complexity index is 1040. The summed E-state index contributed by atoms with van der Waals surface area (Å²) >= 11 is 0. The quantitative estimate of drug-likeness (QED) is 0.664. The minimum absolute atomic E-state index is 0.0999. The molecule has 2 aromatic rings. The van der Waals surface area contributed by atoms with E-state index < -0.39 is 17.8 Å². The lowest BCUT2D eigenvalue weighted by Gasteiger charge is -2.41. The van der Waals surface area contributed by atoms with Crippen molar-refractivity contribution in [3.05, 3.63) is 65.4 Å². The Balaban J connectivity index is 1.78. The number of rotatable bonds is 7. The van der Waals surface area contributed by atoms with Crippen molar-refractivity contribution in [2.75, 3.05) is 13.2 Å². The number of fused-ring (bicyclic) bond motifs is 1. The number of carbonyl (C=O) groups is 2. The molecule has 1 saturated carbocycles. The number of hydrogen-bond donors (Lipinski definition) is 1. The average Bonchev–Trinajstić information content (AvgIpc) is 3.26. The van der Waals surface area contributed by atoms with Gasteiger partial charge in [-0.2, -0.15) is 0 Å². The molecule has 1 aliphatic carbocycles. The topological polar surface area (TPSA) is 93.6 Å². The molecule has 168 valence electrons. The molecule has 0 aromatic carbocycles. The first-order valence-corrected chi connectivity index (χ1v) is 11.0. The summed E-state index contributed by atoms with van der Waals surface area (Å²) in [6.07, 6.45) is 8.24. The number of aromatic amines is 1. The standard InChI is InChI=1S/C25H29N3O4/c1-4-32-24(30)23-19(15-31-14-16-7-9-27-12-16)28-18-10-25(2,3)11-20(29)22(18)21(23)17-6-5-8-26-13-17/h5-9,12-13,21-22,27H,4,10-11,14-15H2,1-3H3. The number of aromatic nitrogens is 2. The van der Waals surface area contributed by atoms with E-state index in [1.54, 1.807) is 19.3 Å². The van der Waals surface area contributed by atoms with Crippen molar-refractivity contribution in [2.45, 2.75) is 46.1 Å². The van der Waals surface area contributed by atoms with Gasteiger partial charge in [-0.1, -0.05) is 19.9 Å². The predicted molar refractivity (Wildman–Crippen MR) is 120 cm³/mol. The molecule has 1 aliphatic heterocycles. The maximum absolute atomic E-state index is 13.3. The zero-order chi connectivity index (χ0) is 22.7. The fourth-order valence-electron chi connectivity index (χ4n) is 4.69. The van der Waals surface area contributed by atoms with E-state index in [2.05, 4.69) is 23.8 Å². The van der Waals surface area contributed by atoms with Crippen molar-refractivity contribution < 1.29 is 19.1 Å². The highest BCUT2D eigenvalue weighted by molar-refractivity contribution is 6.12. The van der Waals surface area contributed by atoms with Crippen LogP contribution in [0.5, 0.6) is 0 Å². The zero-order valence-corrected chi connectivity index (χ0v) is 18.8. The van der Waals surface area contributed by atoms with Gasteiger partial charge in [-0.15, -0.1) is 0 Å². The Morgan fingerprint density at radius 1 is 1.22 bits per heavy atom. The molecule has 3 heterocycles. The minimum Gasteiger partial charge on any atom is -0.463 e. The number of nitrogens with one attached hydrogen (secondary N) is 1. The number of ether oxygens (including phenoxy) is 2. The van der Waals surface area contributed by atoms with Crippen LogP contribution in [0.25, 0.3) is 0 Å². The van der Waals surface area contributed by atoms with Gasteiger partial charge in [-0.05, 0) is 42.0 Å². The second-order valence-corrected chi connectivity index (χ2v) is 9.12. The molecule has 0 radical (unpaired) electrons. The summed E-state index contributed by atoms with van der Waals surface area (Å²) in [6, 6.07) is 5.66. The summed E-state index contributed by atoms with van der Waals surface area (Å²) in [5, 5.41) is 0. The maximum atomic E-state index is 13.3. The highest BCUT2D eigenvalue weighted by Crippen LogP contribution is 2.46. The van der Waals surface area contributed by atoms with Gasteiger partial charge in [0, 0.05) is 42.8 Å². The summed E-state index contributed by atoms with van der Waals surface area (Å²) in [5.74, 6) is -1.32. The fourth-order valence-corrected chi connectivity index (χ4v) is 4.69. The van der Waals surface area contributed by atoms with Gasteiger partial charge in [0.15, 0.2) is 0 Å². The second kappa shape index (κ2) is 9.20. The van der Waals surface area contributed by atoms with Crippen LogP contribution in [0.1, 0.15) is 50.7 Å². The minimum atomic E-state index is -0.486. The number of esters is 1. The number of ketones is 1. The van der Waals surface area contributed by atoms with Crippen molar-refractivity contribution >= 4 is 17.5 Å². The van der Waals surface area contributed by atoms with Gasteiger partial charge in [-0.25, -0.2) is 4.79 Å². The number of Topliss-reactive ketones (excluding diaryl/α,β-unsaturated/α-hetero) is 1. The van der Waals surface area contributed by atoms with Crippen LogP contribution in [0.15, 0.2) is 59.2 Å². The smallest absolute Gasteiger partial charge is 0.336 e. The van der Waals surface area contributed by atoms with Gasteiger partial charge in [0.25, 0.3) is 0 Å². The molecule has 2 atom stereocenters. The first-order chi connectivity index (χ1) is 15.4.